The van der Waals surface area contributed by atoms with Gasteiger partial charge in [-0.25, -0.2) is 17.2 Å². The van der Waals surface area contributed by atoms with E-state index in [2.05, 4.69) is 15.2 Å². The highest BCUT2D eigenvalue weighted by atomic mass is 35.5. The molecule has 0 radical (unpaired) electrons. The van der Waals surface area contributed by atoms with Gasteiger partial charge in [-0.2, -0.15) is 4.31 Å². The van der Waals surface area contributed by atoms with Gasteiger partial charge in [-0.15, -0.1) is 17.5 Å². The van der Waals surface area contributed by atoms with Crippen molar-refractivity contribution in [2.75, 3.05) is 26.2 Å². The average Bonchev–Trinajstić information content (AvgIpc) is 3.42. The molecule has 0 bridgehead atoms. The van der Waals surface area contributed by atoms with E-state index in [0.29, 0.717) is 32.6 Å². The molecule has 1 saturated heterocycles. The molecule has 2 aromatic rings. The summed E-state index contributed by atoms with van der Waals surface area (Å²) in [4.78, 5) is 14.9. The van der Waals surface area contributed by atoms with Crippen LogP contribution < -0.4 is 0 Å². The van der Waals surface area contributed by atoms with Crippen molar-refractivity contribution in [1.82, 2.24) is 24.2 Å². The SMILES string of the molecule is Cl.Cn1cc(S(=O)(=O)N2CCN(C3(CCC(=O)c4ccc(F)cc4F)CCCC3)CC2)nn1. The highest BCUT2D eigenvalue weighted by molar-refractivity contribution is 7.89. The van der Waals surface area contributed by atoms with E-state index in [0.717, 1.165) is 37.8 Å². The molecule has 0 spiro atoms. The summed E-state index contributed by atoms with van der Waals surface area (Å²) >= 11 is 0. The number of carbonyl (C=O) groups excluding carboxylic acids is 1. The number of aromatic nitrogens is 3. The topological polar surface area (TPSA) is 88.4 Å². The predicted molar refractivity (Wildman–Crippen MR) is 120 cm³/mol. The van der Waals surface area contributed by atoms with Crippen LogP contribution in [0, 0.1) is 11.6 Å². The lowest BCUT2D eigenvalue weighted by Crippen LogP contribution is -2.57. The first-order valence-corrected chi connectivity index (χ1v) is 12.3. The molecule has 4 rings (SSSR count). The molecule has 2 fully saturated rings. The van der Waals surface area contributed by atoms with Crippen LogP contribution in [0.3, 0.4) is 0 Å². The van der Waals surface area contributed by atoms with Gasteiger partial charge in [-0.3, -0.25) is 14.4 Å². The Morgan fingerprint density at radius 2 is 1.79 bits per heavy atom. The maximum absolute atomic E-state index is 14.0. The van der Waals surface area contributed by atoms with Gasteiger partial charge >= 0.3 is 0 Å². The quantitative estimate of drug-likeness (QED) is 0.540. The number of sulfonamides is 1. The lowest BCUT2D eigenvalue weighted by Gasteiger charge is -2.45. The van der Waals surface area contributed by atoms with E-state index in [4.69, 9.17) is 0 Å². The molecule has 0 N–H and O–H groups in total. The summed E-state index contributed by atoms with van der Waals surface area (Å²) < 4.78 is 55.6. The van der Waals surface area contributed by atoms with Crippen molar-refractivity contribution >= 4 is 28.2 Å². The predicted octanol–water partition coefficient (Wildman–Crippen LogP) is 2.80. The molecule has 2 aliphatic rings. The monoisotopic (exact) mass is 503 g/mol. The van der Waals surface area contributed by atoms with Crippen LogP contribution in [-0.4, -0.2) is 70.1 Å². The first-order chi connectivity index (χ1) is 15.2. The number of halogens is 3. The molecule has 1 saturated carbocycles. The van der Waals surface area contributed by atoms with Gasteiger partial charge in [-0.05, 0) is 31.4 Å². The lowest BCUT2D eigenvalue weighted by molar-refractivity contribution is 0.0475. The van der Waals surface area contributed by atoms with Gasteiger partial charge < -0.3 is 0 Å². The van der Waals surface area contributed by atoms with Crippen LogP contribution in [-0.2, 0) is 17.1 Å². The largest absolute Gasteiger partial charge is 0.295 e. The van der Waals surface area contributed by atoms with Crippen LogP contribution in [0.1, 0.15) is 48.9 Å². The molecule has 1 aliphatic heterocycles. The Labute approximate surface area is 198 Å². The van der Waals surface area contributed by atoms with Gasteiger partial charge in [0.15, 0.2) is 5.78 Å². The molecule has 1 aromatic carbocycles. The highest BCUT2D eigenvalue weighted by Gasteiger charge is 2.42. The minimum Gasteiger partial charge on any atom is -0.295 e. The van der Waals surface area contributed by atoms with Crippen molar-refractivity contribution in [3.63, 3.8) is 0 Å². The van der Waals surface area contributed by atoms with E-state index in [1.807, 2.05) is 0 Å². The molecule has 0 atom stereocenters. The number of nitrogens with zero attached hydrogens (tertiary/aromatic N) is 5. The molecule has 0 amide bonds. The van der Waals surface area contributed by atoms with Crippen molar-refractivity contribution in [3.05, 3.63) is 41.6 Å². The number of rotatable bonds is 7. The highest BCUT2D eigenvalue weighted by Crippen LogP contribution is 2.40. The Morgan fingerprint density at radius 1 is 1.12 bits per heavy atom. The van der Waals surface area contributed by atoms with E-state index in [9.17, 15) is 22.0 Å². The molecule has 0 unspecified atom stereocenters. The number of aryl methyl sites for hydroxylation is 1. The summed E-state index contributed by atoms with van der Waals surface area (Å²) in [5.41, 5.74) is -0.284. The molecule has 8 nitrogen and oxygen atoms in total. The van der Waals surface area contributed by atoms with Gasteiger partial charge in [0.2, 0.25) is 5.03 Å². The van der Waals surface area contributed by atoms with Crippen molar-refractivity contribution in [2.45, 2.75) is 49.1 Å². The van der Waals surface area contributed by atoms with Gasteiger partial charge in [0.1, 0.15) is 11.6 Å². The first kappa shape index (κ1) is 25.7. The molecule has 1 aromatic heterocycles. The van der Waals surface area contributed by atoms with E-state index < -0.39 is 21.7 Å². The third-order valence-electron chi connectivity index (χ3n) is 6.68. The molecule has 1 aliphatic carbocycles. The van der Waals surface area contributed by atoms with E-state index in [1.54, 1.807) is 7.05 Å². The second-order valence-electron chi connectivity index (χ2n) is 8.60. The molecular weight excluding hydrogens is 476 g/mol. The number of piperazine rings is 1. The lowest BCUT2D eigenvalue weighted by atomic mass is 9.87. The third kappa shape index (κ3) is 5.26. The minimum absolute atomic E-state index is 0. The summed E-state index contributed by atoms with van der Waals surface area (Å²) in [6.07, 6.45) is 6.04. The molecular formula is C21H28ClF2N5O3S. The second kappa shape index (κ2) is 10.1. The zero-order chi connectivity index (χ0) is 22.9. The fourth-order valence-electron chi connectivity index (χ4n) is 4.93. The number of benzene rings is 1. The second-order valence-corrected chi connectivity index (χ2v) is 10.5. The van der Waals surface area contributed by atoms with Crippen LogP contribution in [0.25, 0.3) is 0 Å². The minimum atomic E-state index is -3.69. The summed E-state index contributed by atoms with van der Waals surface area (Å²) in [6, 6.07) is 3.03. The third-order valence-corrected chi connectivity index (χ3v) is 8.44. The Bertz CT molecular complexity index is 1100. The maximum atomic E-state index is 14.0. The maximum Gasteiger partial charge on any atom is 0.264 e. The summed E-state index contributed by atoms with van der Waals surface area (Å²) in [5.74, 6) is -1.88. The van der Waals surface area contributed by atoms with Gasteiger partial charge in [0.25, 0.3) is 10.0 Å². The smallest absolute Gasteiger partial charge is 0.264 e. The number of carbonyl (C=O) groups is 1. The van der Waals surface area contributed by atoms with Crippen LogP contribution >= 0.6 is 12.4 Å². The number of hydrogen-bond donors (Lipinski definition) is 0. The number of hydrogen-bond acceptors (Lipinski definition) is 6. The van der Waals surface area contributed by atoms with Crippen LogP contribution in [0.5, 0.6) is 0 Å². The Morgan fingerprint density at radius 3 is 2.36 bits per heavy atom. The van der Waals surface area contributed by atoms with E-state index >= 15 is 0 Å². The van der Waals surface area contributed by atoms with Crippen LogP contribution in [0.15, 0.2) is 29.4 Å². The summed E-state index contributed by atoms with van der Waals surface area (Å²) in [7, 11) is -2.07. The number of Topliss-reactive ketones (excluding diaryl/α,β-unsaturated/α-hetero) is 1. The zero-order valence-electron chi connectivity index (χ0n) is 18.4. The van der Waals surface area contributed by atoms with Gasteiger partial charge in [0, 0.05) is 51.3 Å². The van der Waals surface area contributed by atoms with Gasteiger partial charge in [0.05, 0.1) is 11.8 Å². The molecule has 33 heavy (non-hydrogen) atoms. The van der Waals surface area contributed by atoms with Crippen molar-refractivity contribution in [2.24, 2.45) is 7.05 Å². The van der Waals surface area contributed by atoms with Crippen LogP contribution in [0.4, 0.5) is 8.78 Å². The Kier molecular flexibility index (Phi) is 7.87. The van der Waals surface area contributed by atoms with Crippen molar-refractivity contribution in [1.29, 1.82) is 0 Å². The normalized spacial score (nSPS) is 19.4. The molecule has 2 heterocycles. The number of ketones is 1. The van der Waals surface area contributed by atoms with Crippen LogP contribution in [0.2, 0.25) is 0 Å². The fraction of sp³-hybridized carbons (Fsp3) is 0.571. The molecule has 182 valence electrons. The average molecular weight is 504 g/mol. The molecule has 12 heteroatoms. The first-order valence-electron chi connectivity index (χ1n) is 10.8. The zero-order valence-corrected chi connectivity index (χ0v) is 20.0. The van der Waals surface area contributed by atoms with Gasteiger partial charge in [-0.1, -0.05) is 18.1 Å². The standard InChI is InChI=1S/C21H27F2N5O3S.ClH/c1-26-15-20(24-25-26)32(30,31)28-12-10-27(11-13-28)21(7-2-3-8-21)9-6-19(29)17-5-4-16(22)14-18(17)23;/h4-5,14-15H,2-3,6-13H2,1H3;1H. The van der Waals surface area contributed by atoms with E-state index in [1.165, 1.54) is 21.3 Å². The van der Waals surface area contributed by atoms with E-state index in [-0.39, 0.29) is 40.7 Å². The summed E-state index contributed by atoms with van der Waals surface area (Å²) in [5, 5.41) is 7.40. The fourth-order valence-corrected chi connectivity index (χ4v) is 6.27. The Hall–Kier alpha value is -1.95. The summed E-state index contributed by atoms with van der Waals surface area (Å²) in [6.45, 7) is 1.78. The van der Waals surface area contributed by atoms with Crippen molar-refractivity contribution < 1.29 is 22.0 Å². The van der Waals surface area contributed by atoms with Crippen molar-refractivity contribution in [3.8, 4) is 0 Å². The Balaban J connectivity index is 0.00000306.